The maximum atomic E-state index is 12.3. The molecule has 8 nitrogen and oxygen atoms in total. The molecule has 0 heterocycles. The van der Waals surface area contributed by atoms with Crippen molar-refractivity contribution in [3.8, 4) is 11.5 Å². The minimum atomic E-state index is -1.11. The van der Waals surface area contributed by atoms with Crippen LogP contribution in [0, 0.1) is 0 Å². The Morgan fingerprint density at radius 3 is 1.40 bits per heavy atom. The SMILES string of the molecule is C=C(C)C(=O)OCCCCCC(=O)Oc1ccc(C(C)(C)c2ccc(C(C)(C)c3ccc(OC(=O)OC(=O)C(=C)C)cc3)cc2)cc1. The first-order valence-electron chi connectivity index (χ1n) is 15.6. The molecule has 0 N–H and O–H groups in total. The highest BCUT2D eigenvalue weighted by Crippen LogP contribution is 2.36. The number of carbonyl (C=O) groups excluding carboxylic acids is 4. The molecule has 0 amide bonds. The van der Waals surface area contributed by atoms with Crippen LogP contribution in [-0.4, -0.2) is 30.7 Å². The molecule has 0 aromatic heterocycles. The quantitative estimate of drug-likeness (QED) is 0.0431. The van der Waals surface area contributed by atoms with Crippen LogP contribution < -0.4 is 9.47 Å². The third-order valence-electron chi connectivity index (χ3n) is 8.04. The topological polar surface area (TPSA) is 105 Å². The first-order chi connectivity index (χ1) is 22.1. The number of unbranched alkanes of at least 4 members (excludes halogenated alkanes) is 2. The van der Waals surface area contributed by atoms with E-state index in [0.717, 1.165) is 28.7 Å². The minimum Gasteiger partial charge on any atom is -0.462 e. The lowest BCUT2D eigenvalue weighted by Gasteiger charge is -2.29. The van der Waals surface area contributed by atoms with Gasteiger partial charge in [0, 0.05) is 28.4 Å². The highest BCUT2D eigenvalue weighted by molar-refractivity contribution is 5.93. The number of carbonyl (C=O) groups is 4. The first-order valence-corrected chi connectivity index (χ1v) is 15.6. The van der Waals surface area contributed by atoms with Gasteiger partial charge in [-0.3, -0.25) is 4.79 Å². The summed E-state index contributed by atoms with van der Waals surface area (Å²) in [4.78, 5) is 47.1. The smallest absolute Gasteiger partial charge is 0.462 e. The number of benzene rings is 3. The largest absolute Gasteiger partial charge is 0.521 e. The van der Waals surface area contributed by atoms with Gasteiger partial charge in [-0.15, -0.1) is 0 Å². The number of ether oxygens (including phenoxy) is 4. The fourth-order valence-corrected chi connectivity index (χ4v) is 4.81. The molecular weight excluding hydrogens is 596 g/mol. The van der Waals surface area contributed by atoms with E-state index in [-0.39, 0.29) is 34.5 Å². The zero-order valence-electron chi connectivity index (χ0n) is 28.1. The molecular formula is C39H44O8. The van der Waals surface area contributed by atoms with Crippen LogP contribution in [0.25, 0.3) is 0 Å². The van der Waals surface area contributed by atoms with E-state index < -0.39 is 18.1 Å². The van der Waals surface area contributed by atoms with Gasteiger partial charge in [0.2, 0.25) is 0 Å². The van der Waals surface area contributed by atoms with Crippen LogP contribution in [0.15, 0.2) is 97.1 Å². The Bertz CT molecular complexity index is 1590. The minimum absolute atomic E-state index is 0.103. The van der Waals surface area contributed by atoms with Gasteiger partial charge in [-0.1, -0.05) is 89.4 Å². The van der Waals surface area contributed by atoms with Crippen molar-refractivity contribution >= 4 is 24.1 Å². The lowest BCUT2D eigenvalue weighted by molar-refractivity contribution is -0.139. The molecule has 0 saturated heterocycles. The average Bonchev–Trinajstić information content (AvgIpc) is 3.03. The molecule has 0 fully saturated rings. The molecule has 3 rings (SSSR count). The van der Waals surface area contributed by atoms with E-state index in [1.54, 1.807) is 19.1 Å². The second kappa shape index (κ2) is 16.0. The lowest BCUT2D eigenvalue weighted by Crippen LogP contribution is -2.21. The van der Waals surface area contributed by atoms with Gasteiger partial charge in [-0.2, -0.15) is 0 Å². The van der Waals surface area contributed by atoms with Crippen LogP contribution >= 0.6 is 0 Å². The average molecular weight is 641 g/mol. The van der Waals surface area contributed by atoms with E-state index in [9.17, 15) is 19.2 Å². The monoisotopic (exact) mass is 640 g/mol. The zero-order chi connectivity index (χ0) is 34.8. The van der Waals surface area contributed by atoms with Crippen molar-refractivity contribution in [2.45, 2.75) is 78.1 Å². The van der Waals surface area contributed by atoms with Crippen molar-refractivity contribution in [1.29, 1.82) is 0 Å². The lowest BCUT2D eigenvalue weighted by atomic mass is 9.74. The predicted molar refractivity (Wildman–Crippen MR) is 180 cm³/mol. The van der Waals surface area contributed by atoms with Gasteiger partial charge in [0.25, 0.3) is 0 Å². The summed E-state index contributed by atoms with van der Waals surface area (Å²) in [6.07, 6.45) is 1.26. The maximum Gasteiger partial charge on any atom is 0.521 e. The fraction of sp³-hybridized carbons (Fsp3) is 0.333. The van der Waals surface area contributed by atoms with E-state index in [2.05, 4.69) is 69.9 Å². The zero-order valence-corrected chi connectivity index (χ0v) is 28.1. The number of rotatable bonds is 14. The van der Waals surface area contributed by atoms with Crippen LogP contribution in [0.2, 0.25) is 0 Å². The molecule has 0 unspecified atom stereocenters. The van der Waals surface area contributed by atoms with E-state index in [4.69, 9.17) is 14.2 Å². The van der Waals surface area contributed by atoms with Gasteiger partial charge < -0.3 is 18.9 Å². The number of hydrogen-bond acceptors (Lipinski definition) is 8. The summed E-state index contributed by atoms with van der Waals surface area (Å²) in [5, 5.41) is 0. The summed E-state index contributed by atoms with van der Waals surface area (Å²) in [5.74, 6) is -0.771. The summed E-state index contributed by atoms with van der Waals surface area (Å²) in [5.41, 5.74) is 4.14. The van der Waals surface area contributed by atoms with Crippen molar-refractivity contribution < 1.29 is 38.1 Å². The van der Waals surface area contributed by atoms with E-state index in [1.807, 2.05) is 36.4 Å². The third-order valence-corrected chi connectivity index (χ3v) is 8.04. The maximum absolute atomic E-state index is 12.3. The second-order valence-electron chi connectivity index (χ2n) is 12.6. The van der Waals surface area contributed by atoms with Crippen molar-refractivity contribution in [2.75, 3.05) is 6.61 Å². The van der Waals surface area contributed by atoms with Gasteiger partial charge in [0.15, 0.2) is 0 Å². The summed E-state index contributed by atoms with van der Waals surface area (Å²) < 4.78 is 20.3. The van der Waals surface area contributed by atoms with Gasteiger partial charge in [-0.05, 0) is 79.6 Å². The molecule has 0 spiro atoms. The molecule has 0 bridgehead atoms. The summed E-state index contributed by atoms with van der Waals surface area (Å²) in [7, 11) is 0. The van der Waals surface area contributed by atoms with E-state index >= 15 is 0 Å². The standard InChI is InChI=1S/C39H44O8/c1-26(2)35(41)44-25-11-9-10-12-34(40)45-32-21-17-30(18-22-32)38(5,6)28-13-15-29(16-14-28)39(7,8)31-19-23-33(24-20-31)46-37(43)47-36(42)27(3)4/h13-24H,1,3,9-12,25H2,2,4-8H3. The first kappa shape index (κ1) is 36.5. The van der Waals surface area contributed by atoms with Crippen molar-refractivity contribution in [3.63, 3.8) is 0 Å². The second-order valence-corrected chi connectivity index (χ2v) is 12.6. The molecule has 0 aliphatic heterocycles. The van der Waals surface area contributed by atoms with Crippen LogP contribution in [0.5, 0.6) is 11.5 Å². The molecule has 0 aliphatic carbocycles. The Hall–Kier alpha value is -4.98. The van der Waals surface area contributed by atoms with Gasteiger partial charge in [0.1, 0.15) is 11.5 Å². The van der Waals surface area contributed by atoms with Crippen molar-refractivity contribution in [3.05, 3.63) is 119 Å². The molecule has 0 radical (unpaired) electrons. The predicted octanol–water partition coefficient (Wildman–Crippen LogP) is 8.54. The summed E-state index contributed by atoms with van der Waals surface area (Å²) in [6.45, 7) is 18.9. The Labute approximate surface area is 277 Å². The van der Waals surface area contributed by atoms with Gasteiger partial charge in [-0.25, -0.2) is 14.4 Å². The molecule has 8 heteroatoms. The van der Waals surface area contributed by atoms with Gasteiger partial charge in [0.05, 0.1) is 6.61 Å². The van der Waals surface area contributed by atoms with Crippen LogP contribution in [0.1, 0.15) is 89.5 Å². The molecule has 0 saturated carbocycles. The molecule has 3 aromatic carbocycles. The van der Waals surface area contributed by atoms with E-state index in [0.29, 0.717) is 30.8 Å². The molecule has 248 valence electrons. The van der Waals surface area contributed by atoms with E-state index in [1.165, 1.54) is 6.92 Å². The summed E-state index contributed by atoms with van der Waals surface area (Å²) >= 11 is 0. The Morgan fingerprint density at radius 2 is 0.979 bits per heavy atom. The number of hydrogen-bond donors (Lipinski definition) is 0. The normalized spacial score (nSPS) is 11.3. The Kier molecular flexibility index (Phi) is 12.4. The Balaban J connectivity index is 1.56. The number of esters is 3. The van der Waals surface area contributed by atoms with Crippen LogP contribution in [0.3, 0.4) is 0 Å². The van der Waals surface area contributed by atoms with Crippen molar-refractivity contribution in [2.24, 2.45) is 0 Å². The summed E-state index contributed by atoms with van der Waals surface area (Å²) in [6, 6.07) is 23.1. The van der Waals surface area contributed by atoms with Crippen molar-refractivity contribution in [1.82, 2.24) is 0 Å². The van der Waals surface area contributed by atoms with Gasteiger partial charge >= 0.3 is 24.1 Å². The highest BCUT2D eigenvalue weighted by Gasteiger charge is 2.27. The third kappa shape index (κ3) is 10.3. The molecule has 3 aromatic rings. The molecule has 0 aliphatic rings. The Morgan fingerprint density at radius 1 is 0.574 bits per heavy atom. The highest BCUT2D eigenvalue weighted by atomic mass is 16.7. The van der Waals surface area contributed by atoms with Crippen LogP contribution in [0.4, 0.5) is 4.79 Å². The molecule has 0 atom stereocenters. The van der Waals surface area contributed by atoms with Crippen LogP contribution in [-0.2, 0) is 34.7 Å². The molecule has 47 heavy (non-hydrogen) atoms. The fourth-order valence-electron chi connectivity index (χ4n) is 4.81.